The van der Waals surface area contributed by atoms with Crippen LogP contribution < -0.4 is 0 Å². The Bertz CT molecular complexity index is 552. The summed E-state index contributed by atoms with van der Waals surface area (Å²) < 4.78 is 38.7. The minimum Gasteiger partial charge on any atom is -0.256 e. The Hall–Kier alpha value is -1.84. The summed E-state index contributed by atoms with van der Waals surface area (Å²) in [5.74, 6) is -0.666. The van der Waals surface area contributed by atoms with Crippen LogP contribution in [0, 0.1) is 5.82 Å². The van der Waals surface area contributed by atoms with Crippen molar-refractivity contribution in [2.75, 3.05) is 0 Å². The molecule has 94 valence electrons. The van der Waals surface area contributed by atoms with Crippen molar-refractivity contribution in [1.82, 2.24) is 4.98 Å². The molecule has 4 heteroatoms. The van der Waals surface area contributed by atoms with Crippen molar-refractivity contribution in [3.8, 4) is 11.3 Å². The van der Waals surface area contributed by atoms with Gasteiger partial charge in [0.2, 0.25) is 0 Å². The summed E-state index contributed by atoms with van der Waals surface area (Å²) in [5, 5.41) is 0. The summed E-state index contributed by atoms with van der Waals surface area (Å²) in [7, 11) is 0. The second-order valence-electron chi connectivity index (χ2n) is 3.90. The Morgan fingerprint density at radius 1 is 1.22 bits per heavy atom. The topological polar surface area (TPSA) is 12.9 Å². The number of hydrogen-bond acceptors (Lipinski definition) is 1. The Labute approximate surface area is 103 Å². The SMILES string of the molecule is CCc1cccnc1-c1ccc(C(F)F)cc1F. The maximum absolute atomic E-state index is 13.8. The molecule has 1 aromatic carbocycles. The normalized spacial score (nSPS) is 10.9. The second-order valence-corrected chi connectivity index (χ2v) is 3.90. The molecule has 2 rings (SSSR count). The van der Waals surface area contributed by atoms with Crippen molar-refractivity contribution in [2.45, 2.75) is 19.8 Å². The van der Waals surface area contributed by atoms with Gasteiger partial charge in [-0.1, -0.05) is 19.1 Å². The van der Waals surface area contributed by atoms with Gasteiger partial charge >= 0.3 is 0 Å². The summed E-state index contributed by atoms with van der Waals surface area (Å²) in [6.45, 7) is 1.94. The first kappa shape index (κ1) is 12.6. The molecular weight excluding hydrogens is 239 g/mol. The highest BCUT2D eigenvalue weighted by Gasteiger charge is 2.14. The minimum absolute atomic E-state index is 0.261. The molecule has 0 spiro atoms. The van der Waals surface area contributed by atoms with Crippen molar-refractivity contribution in [2.24, 2.45) is 0 Å². The van der Waals surface area contributed by atoms with Gasteiger partial charge in [0, 0.05) is 17.3 Å². The Morgan fingerprint density at radius 2 is 2.00 bits per heavy atom. The number of nitrogens with zero attached hydrogens (tertiary/aromatic N) is 1. The number of aromatic nitrogens is 1. The Kier molecular flexibility index (Phi) is 3.65. The van der Waals surface area contributed by atoms with Crippen LogP contribution in [-0.4, -0.2) is 4.98 Å². The van der Waals surface area contributed by atoms with Crippen LogP contribution in [0.15, 0.2) is 36.5 Å². The van der Waals surface area contributed by atoms with Gasteiger partial charge in [-0.05, 0) is 30.2 Å². The molecular formula is C14H12F3N. The molecule has 2 aromatic rings. The minimum atomic E-state index is -2.66. The van der Waals surface area contributed by atoms with Crippen molar-refractivity contribution in [1.29, 1.82) is 0 Å². The van der Waals surface area contributed by atoms with E-state index in [1.54, 1.807) is 12.3 Å². The fraction of sp³-hybridized carbons (Fsp3) is 0.214. The molecule has 0 bridgehead atoms. The summed E-state index contributed by atoms with van der Waals surface area (Å²) in [4.78, 5) is 4.13. The van der Waals surface area contributed by atoms with Crippen molar-refractivity contribution in [3.63, 3.8) is 0 Å². The van der Waals surface area contributed by atoms with Gasteiger partial charge in [-0.3, -0.25) is 4.98 Å². The van der Waals surface area contributed by atoms with E-state index in [-0.39, 0.29) is 11.1 Å². The smallest absolute Gasteiger partial charge is 0.256 e. The predicted octanol–water partition coefficient (Wildman–Crippen LogP) is 4.39. The average molecular weight is 251 g/mol. The molecule has 0 saturated heterocycles. The van der Waals surface area contributed by atoms with Crippen LogP contribution in [0.4, 0.5) is 13.2 Å². The number of aryl methyl sites for hydroxylation is 1. The first-order valence-corrected chi connectivity index (χ1v) is 5.65. The third kappa shape index (κ3) is 2.37. The molecule has 0 amide bonds. The molecule has 0 N–H and O–H groups in total. The predicted molar refractivity (Wildman–Crippen MR) is 64.0 cm³/mol. The van der Waals surface area contributed by atoms with Crippen LogP contribution in [0.2, 0.25) is 0 Å². The van der Waals surface area contributed by atoms with Crippen LogP contribution in [0.25, 0.3) is 11.3 Å². The number of benzene rings is 1. The maximum atomic E-state index is 13.8. The third-order valence-corrected chi connectivity index (χ3v) is 2.77. The molecule has 0 aliphatic heterocycles. The summed E-state index contributed by atoms with van der Waals surface area (Å²) >= 11 is 0. The van der Waals surface area contributed by atoms with Gasteiger partial charge in [0.25, 0.3) is 6.43 Å². The molecule has 18 heavy (non-hydrogen) atoms. The average Bonchev–Trinajstić information content (AvgIpc) is 2.38. The zero-order valence-corrected chi connectivity index (χ0v) is 9.83. The summed E-state index contributed by atoms with van der Waals surface area (Å²) in [5.41, 5.74) is 1.35. The highest BCUT2D eigenvalue weighted by atomic mass is 19.3. The summed E-state index contributed by atoms with van der Waals surface area (Å²) in [6, 6.07) is 7.08. The van der Waals surface area contributed by atoms with Crippen molar-refractivity contribution in [3.05, 3.63) is 53.5 Å². The molecule has 0 aliphatic carbocycles. The molecule has 0 unspecified atom stereocenters. The molecule has 0 aliphatic rings. The lowest BCUT2D eigenvalue weighted by Gasteiger charge is -2.09. The van der Waals surface area contributed by atoms with E-state index in [1.807, 2.05) is 13.0 Å². The van der Waals surface area contributed by atoms with Gasteiger partial charge in [0.05, 0.1) is 5.69 Å². The number of halogens is 3. The molecule has 1 aromatic heterocycles. The quantitative estimate of drug-likeness (QED) is 0.788. The van der Waals surface area contributed by atoms with Gasteiger partial charge in [-0.15, -0.1) is 0 Å². The van der Waals surface area contributed by atoms with Gasteiger partial charge < -0.3 is 0 Å². The first-order chi connectivity index (χ1) is 8.63. The van der Waals surface area contributed by atoms with E-state index >= 15 is 0 Å². The van der Waals surface area contributed by atoms with Crippen molar-refractivity contribution < 1.29 is 13.2 Å². The second kappa shape index (κ2) is 5.21. The van der Waals surface area contributed by atoms with Gasteiger partial charge in [0.1, 0.15) is 5.82 Å². The van der Waals surface area contributed by atoms with Crippen LogP contribution in [0.3, 0.4) is 0 Å². The van der Waals surface area contributed by atoms with E-state index in [1.165, 1.54) is 12.1 Å². The maximum Gasteiger partial charge on any atom is 0.263 e. The van der Waals surface area contributed by atoms with Crippen molar-refractivity contribution >= 4 is 0 Å². The standard InChI is InChI=1S/C14H12F3N/c1-2-9-4-3-7-18-13(9)11-6-5-10(14(16)17)8-12(11)15/h3-8,14H,2H2,1H3. The number of alkyl halides is 2. The van der Waals surface area contributed by atoms with E-state index in [0.717, 1.165) is 11.6 Å². The molecule has 0 atom stereocenters. The number of rotatable bonds is 3. The zero-order valence-electron chi connectivity index (χ0n) is 9.83. The zero-order chi connectivity index (χ0) is 13.1. The fourth-order valence-electron chi connectivity index (χ4n) is 1.83. The van der Waals surface area contributed by atoms with Crippen LogP contribution in [-0.2, 0) is 6.42 Å². The first-order valence-electron chi connectivity index (χ1n) is 5.65. The molecule has 1 nitrogen and oxygen atoms in total. The van der Waals surface area contributed by atoms with Gasteiger partial charge in [0.15, 0.2) is 0 Å². The molecule has 0 radical (unpaired) electrons. The van der Waals surface area contributed by atoms with Gasteiger partial charge in [-0.2, -0.15) is 0 Å². The molecule has 0 saturated carbocycles. The van der Waals surface area contributed by atoms with E-state index in [4.69, 9.17) is 0 Å². The Morgan fingerprint density at radius 3 is 2.61 bits per heavy atom. The Balaban J connectivity index is 2.51. The monoisotopic (exact) mass is 251 g/mol. The van der Waals surface area contributed by atoms with Gasteiger partial charge in [-0.25, -0.2) is 13.2 Å². The van der Waals surface area contributed by atoms with Crippen LogP contribution in [0.1, 0.15) is 24.5 Å². The van der Waals surface area contributed by atoms with E-state index in [0.29, 0.717) is 12.1 Å². The van der Waals surface area contributed by atoms with Crippen LogP contribution >= 0.6 is 0 Å². The number of pyridine rings is 1. The molecule has 1 heterocycles. The van der Waals surface area contributed by atoms with Crippen LogP contribution in [0.5, 0.6) is 0 Å². The lowest BCUT2D eigenvalue weighted by molar-refractivity contribution is 0.151. The van der Waals surface area contributed by atoms with E-state index in [9.17, 15) is 13.2 Å². The lowest BCUT2D eigenvalue weighted by atomic mass is 10.0. The number of hydrogen-bond donors (Lipinski definition) is 0. The highest BCUT2D eigenvalue weighted by molar-refractivity contribution is 5.64. The van der Waals surface area contributed by atoms with E-state index < -0.39 is 12.2 Å². The molecule has 0 fully saturated rings. The fourth-order valence-corrected chi connectivity index (χ4v) is 1.83. The highest BCUT2D eigenvalue weighted by Crippen LogP contribution is 2.28. The lowest BCUT2D eigenvalue weighted by Crippen LogP contribution is -1.95. The third-order valence-electron chi connectivity index (χ3n) is 2.77. The largest absolute Gasteiger partial charge is 0.263 e. The van der Waals surface area contributed by atoms with E-state index in [2.05, 4.69) is 4.98 Å². The summed E-state index contributed by atoms with van der Waals surface area (Å²) in [6.07, 6.45) is -0.392.